The minimum Gasteiger partial charge on any atom is -0.378 e. The fourth-order valence-corrected chi connectivity index (χ4v) is 12.8. The highest BCUT2D eigenvalue weighted by Crippen LogP contribution is 2.33. The Kier molecular flexibility index (Phi) is 24.1. The molecule has 3 aliphatic heterocycles. The molecular formula is C79H92N24O4. The molecule has 9 N–H and O–H groups in total. The molecular weight excluding hydrogens is 1350 g/mol. The molecule has 15 rings (SSSR count). The topological polar surface area (TPSA) is 315 Å². The van der Waals surface area contributed by atoms with Crippen molar-refractivity contribution in [2.45, 2.75) is 32.1 Å². The molecule has 3 aromatic carbocycles. The third kappa shape index (κ3) is 19.3. The first-order chi connectivity index (χ1) is 52.2. The van der Waals surface area contributed by atoms with Crippen LogP contribution in [-0.2, 0) is 4.74 Å². The Balaban J connectivity index is 0.000000142. The van der Waals surface area contributed by atoms with E-state index in [0.29, 0.717) is 34.1 Å². The molecule has 3 fully saturated rings. The number of aromatic nitrogens is 12. The van der Waals surface area contributed by atoms with Gasteiger partial charge in [0.25, 0.3) is 17.7 Å². The Morgan fingerprint density at radius 3 is 1.00 bits per heavy atom. The van der Waals surface area contributed by atoms with Crippen molar-refractivity contribution in [2.75, 3.05) is 181 Å². The number of likely N-dealkylation sites (N-methyl/N-ethyl adjacent to an activating group) is 3. The molecule has 107 heavy (non-hydrogen) atoms. The number of fused-ring (bicyclic) bond motifs is 3. The molecule has 28 nitrogen and oxygen atoms in total. The van der Waals surface area contributed by atoms with Crippen molar-refractivity contribution in [1.29, 1.82) is 0 Å². The van der Waals surface area contributed by atoms with Gasteiger partial charge in [-0.2, -0.15) is 15.3 Å². The van der Waals surface area contributed by atoms with Crippen LogP contribution in [0.15, 0.2) is 165 Å². The highest BCUT2D eigenvalue weighted by molar-refractivity contribution is 6.13. The van der Waals surface area contributed by atoms with Gasteiger partial charge in [0, 0.05) is 130 Å². The van der Waals surface area contributed by atoms with Gasteiger partial charge < -0.3 is 66.0 Å². The first-order valence-electron chi connectivity index (χ1n) is 36.3. The average molecular weight is 1440 g/mol. The largest absolute Gasteiger partial charge is 0.378 e. The van der Waals surface area contributed by atoms with Crippen LogP contribution in [0, 0.1) is 0 Å². The van der Waals surface area contributed by atoms with Gasteiger partial charge in [0.1, 0.15) is 17.5 Å². The fraction of sp³-hybridized carbons (Fsp3) is 0.316. The molecule has 12 heterocycles. The quantitative estimate of drug-likeness (QED) is 0.0271. The van der Waals surface area contributed by atoms with E-state index < -0.39 is 0 Å². The zero-order valence-electron chi connectivity index (χ0n) is 61.4. The molecule has 0 unspecified atom stereocenters. The van der Waals surface area contributed by atoms with Crippen LogP contribution in [0.4, 0.5) is 51.6 Å². The summed E-state index contributed by atoms with van der Waals surface area (Å²) >= 11 is 0. The second-order valence-electron chi connectivity index (χ2n) is 27.5. The van der Waals surface area contributed by atoms with Crippen LogP contribution in [-0.4, -0.2) is 227 Å². The summed E-state index contributed by atoms with van der Waals surface area (Å²) in [7, 11) is 12.2. The number of nitrogens with one attached hydrogen (secondary N) is 9. The van der Waals surface area contributed by atoms with Crippen molar-refractivity contribution in [3.05, 3.63) is 182 Å². The van der Waals surface area contributed by atoms with Gasteiger partial charge >= 0.3 is 0 Å². The first-order valence-corrected chi connectivity index (χ1v) is 36.3. The molecule has 0 bridgehead atoms. The lowest BCUT2D eigenvalue weighted by Gasteiger charge is -2.28. The van der Waals surface area contributed by atoms with Crippen LogP contribution in [0.3, 0.4) is 0 Å². The molecule has 0 spiro atoms. The third-order valence-corrected chi connectivity index (χ3v) is 18.7. The number of carbonyl (C=O) groups is 3. The molecule has 3 saturated heterocycles. The molecule has 9 aromatic heterocycles. The van der Waals surface area contributed by atoms with Crippen LogP contribution >= 0.6 is 0 Å². The van der Waals surface area contributed by atoms with Crippen molar-refractivity contribution in [3.8, 4) is 33.4 Å². The number of anilines is 9. The number of benzene rings is 3. The lowest BCUT2D eigenvalue weighted by atomic mass is 10.0. The van der Waals surface area contributed by atoms with Gasteiger partial charge in [-0.1, -0.05) is 18.2 Å². The Morgan fingerprint density at radius 2 is 0.692 bits per heavy atom. The maximum atomic E-state index is 13.1. The van der Waals surface area contributed by atoms with Crippen LogP contribution in [0.1, 0.15) is 63.6 Å². The first kappa shape index (κ1) is 73.3. The fourth-order valence-electron chi connectivity index (χ4n) is 12.8. The van der Waals surface area contributed by atoms with E-state index in [1.54, 1.807) is 18.6 Å². The molecule has 3 aliphatic rings. The number of nitrogens with zero attached hydrogens (tertiary/aromatic N) is 15. The summed E-state index contributed by atoms with van der Waals surface area (Å²) < 4.78 is 5.46. The van der Waals surface area contributed by atoms with Gasteiger partial charge in [-0.3, -0.25) is 44.6 Å². The van der Waals surface area contributed by atoms with Gasteiger partial charge in [0.15, 0.2) is 17.1 Å². The van der Waals surface area contributed by atoms with E-state index in [9.17, 15) is 14.4 Å². The number of carbonyl (C=O) groups excluding carboxylic acids is 3. The Bertz CT molecular complexity index is 4740. The molecule has 3 amide bonds. The average Bonchev–Trinajstić information content (AvgIpc) is 1.62. The van der Waals surface area contributed by atoms with Gasteiger partial charge in [-0.05, 0) is 182 Å². The number of morpholine rings is 1. The SMILES string of the molecule is CN(C)CCNc1ccc(NC(=O)c2n[nH]c3ccc(-c4cncc(N5CCCC5)c4)cc23)cn1.CN(C)CCNc1ccc(NC(=O)c2n[nH]c3ccc(-c4cncc(N5CCCCC5)c4)cc23)cn1.CN(C)CCNc1ccc(NC(=O)c2n[nH]c3ccc(-c4cncc(N5CCOCC5)c4)cc23)cn1. The molecule has 28 heteroatoms. The zero-order chi connectivity index (χ0) is 74.0. The minimum atomic E-state index is -0.297. The summed E-state index contributed by atoms with van der Waals surface area (Å²) in [6, 6.07) is 35.4. The lowest BCUT2D eigenvalue weighted by molar-refractivity contribution is 0.101. The van der Waals surface area contributed by atoms with Crippen LogP contribution in [0.5, 0.6) is 0 Å². The minimum absolute atomic E-state index is 0.284. The molecule has 0 aliphatic carbocycles. The normalized spacial score (nSPS) is 13.7. The van der Waals surface area contributed by atoms with Gasteiger partial charge in [-0.25, -0.2) is 15.0 Å². The number of pyridine rings is 6. The second kappa shape index (κ2) is 35.2. The Morgan fingerprint density at radius 1 is 0.374 bits per heavy atom. The number of amides is 3. The van der Waals surface area contributed by atoms with E-state index in [1.807, 2.05) is 170 Å². The standard InChI is InChI=1S/C27H32N8O.C26H30N8O2.C26H30N8O/c1-34(2)13-10-29-25-9-7-21(17-30-25)31-27(36)26-23-15-19(6-8-24(23)32-33-26)20-14-22(18-28-16-20)35-11-4-3-5-12-35;1-33(2)8-7-28-24-6-4-20(16-29-24)30-26(35)25-22-14-18(3-5-23(22)31-32-25)19-13-21(17-27-15-19)34-9-11-36-12-10-34;1-33(2)12-9-28-24-8-6-20(16-29-24)30-26(35)25-22-14-18(5-7-23(22)31-32-25)19-13-21(17-27-15-19)34-10-3-4-11-34/h6-9,14-18H,3-5,10-13H2,1-2H3,(H,29,30)(H,31,36)(H,32,33);3-6,13-17H,7-12H2,1-2H3,(H,28,29)(H,30,35)(H,31,32);5-8,13-17H,3-4,9-12H2,1-2H3,(H,28,29)(H,30,35)(H,31,32). The summed E-state index contributed by atoms with van der Waals surface area (Å²) in [5.74, 6) is 1.43. The van der Waals surface area contributed by atoms with Gasteiger partial charge in [0.05, 0.1) is 101 Å². The van der Waals surface area contributed by atoms with Crippen molar-refractivity contribution in [1.82, 2.24) is 75.2 Å². The Hall–Kier alpha value is -12.0. The van der Waals surface area contributed by atoms with E-state index in [1.165, 1.54) is 32.1 Å². The highest BCUT2D eigenvalue weighted by Gasteiger charge is 2.22. The summed E-state index contributed by atoms with van der Waals surface area (Å²) in [6.07, 6.45) is 22.4. The smallest absolute Gasteiger partial charge is 0.276 e. The van der Waals surface area contributed by atoms with E-state index >= 15 is 0 Å². The zero-order valence-corrected chi connectivity index (χ0v) is 61.4. The Labute approximate surface area is 621 Å². The van der Waals surface area contributed by atoms with Gasteiger partial charge in [0.2, 0.25) is 0 Å². The number of ether oxygens (including phenoxy) is 1. The van der Waals surface area contributed by atoms with Crippen LogP contribution in [0.2, 0.25) is 0 Å². The predicted molar refractivity (Wildman–Crippen MR) is 426 cm³/mol. The van der Waals surface area contributed by atoms with Crippen molar-refractivity contribution < 1.29 is 19.1 Å². The number of rotatable bonds is 24. The number of aromatic amines is 3. The third-order valence-electron chi connectivity index (χ3n) is 18.7. The molecule has 0 atom stereocenters. The maximum absolute atomic E-state index is 13.1. The van der Waals surface area contributed by atoms with E-state index in [-0.39, 0.29) is 17.7 Å². The summed E-state index contributed by atoms with van der Waals surface area (Å²) in [5, 5.41) is 42.5. The number of H-pyrrole nitrogens is 3. The van der Waals surface area contributed by atoms with Gasteiger partial charge in [-0.15, -0.1) is 0 Å². The van der Waals surface area contributed by atoms with Crippen molar-refractivity contribution in [3.63, 3.8) is 0 Å². The number of piperidine rings is 1. The summed E-state index contributed by atoms with van der Waals surface area (Å²) in [5.41, 5.74) is 14.6. The molecule has 12 aromatic rings. The van der Waals surface area contributed by atoms with Crippen LogP contribution in [0.25, 0.3) is 66.1 Å². The van der Waals surface area contributed by atoms with E-state index in [2.05, 4.69) is 140 Å². The maximum Gasteiger partial charge on any atom is 0.276 e. The van der Waals surface area contributed by atoms with Crippen LogP contribution < -0.4 is 46.6 Å². The summed E-state index contributed by atoms with van der Waals surface area (Å²) in [4.78, 5) is 79.0. The van der Waals surface area contributed by atoms with Crippen molar-refractivity contribution >= 4 is 102 Å². The number of hydrogen-bond acceptors (Lipinski definition) is 22. The van der Waals surface area contributed by atoms with E-state index in [4.69, 9.17) is 4.74 Å². The van der Waals surface area contributed by atoms with Crippen molar-refractivity contribution in [2.24, 2.45) is 0 Å². The number of hydrogen-bond donors (Lipinski definition) is 9. The predicted octanol–water partition coefficient (Wildman–Crippen LogP) is 11.2. The molecule has 0 radical (unpaired) electrons. The lowest BCUT2D eigenvalue weighted by Crippen LogP contribution is -2.36. The summed E-state index contributed by atoms with van der Waals surface area (Å²) in [6.45, 7) is 12.5. The van der Waals surface area contributed by atoms with E-state index in [0.717, 1.165) is 192 Å². The molecule has 0 saturated carbocycles. The second-order valence-corrected chi connectivity index (χ2v) is 27.5. The molecule has 552 valence electrons. The highest BCUT2D eigenvalue weighted by atomic mass is 16.5. The monoisotopic (exact) mass is 1440 g/mol.